The highest BCUT2D eigenvalue weighted by Crippen LogP contribution is 2.11. The van der Waals surface area contributed by atoms with E-state index in [1.54, 1.807) is 0 Å². The number of hydrogen-bond acceptors (Lipinski definition) is 4. The van der Waals surface area contributed by atoms with E-state index < -0.39 is 0 Å². The molecule has 0 amide bonds. The van der Waals surface area contributed by atoms with E-state index in [2.05, 4.69) is 16.1 Å². The van der Waals surface area contributed by atoms with Gasteiger partial charge in [-0.15, -0.1) is 22.5 Å². The van der Waals surface area contributed by atoms with Crippen LogP contribution in [0.1, 0.15) is 31.2 Å². The first-order valence-electron chi connectivity index (χ1n) is 3.79. The average molecular weight is 165 g/mol. The summed E-state index contributed by atoms with van der Waals surface area (Å²) in [6.07, 6.45) is 6.23. The molecule has 64 valence electrons. The monoisotopic (exact) mass is 165 g/mol. The Labute approximate surface area is 71.2 Å². The van der Waals surface area contributed by atoms with Gasteiger partial charge < -0.3 is 10.2 Å². The predicted octanol–water partition coefficient (Wildman–Crippen LogP) is 0.655. The van der Waals surface area contributed by atoms with Crippen molar-refractivity contribution < 1.29 is 4.42 Å². The number of hydrogen-bond donors (Lipinski definition) is 1. The van der Waals surface area contributed by atoms with Crippen LogP contribution in [-0.4, -0.2) is 10.2 Å². The second kappa shape index (κ2) is 3.88. The number of nitrogens with two attached hydrogens (primary N) is 1. The zero-order chi connectivity index (χ0) is 8.97. The molecular formula is C8H11N3O. The zero-order valence-corrected chi connectivity index (χ0v) is 6.95. The van der Waals surface area contributed by atoms with Crippen LogP contribution in [0.15, 0.2) is 4.42 Å². The van der Waals surface area contributed by atoms with E-state index in [-0.39, 0.29) is 6.04 Å². The summed E-state index contributed by atoms with van der Waals surface area (Å²) in [5.74, 6) is 3.46. The Hall–Kier alpha value is -1.34. The summed E-state index contributed by atoms with van der Waals surface area (Å²) in [6.45, 7) is 1.93. The van der Waals surface area contributed by atoms with Gasteiger partial charge >= 0.3 is 0 Å². The summed E-state index contributed by atoms with van der Waals surface area (Å²) in [7, 11) is 0. The fourth-order valence-electron chi connectivity index (χ4n) is 0.774. The van der Waals surface area contributed by atoms with Gasteiger partial charge in [-0.05, 0) is 0 Å². The molecule has 0 spiro atoms. The molecule has 4 nitrogen and oxygen atoms in total. The molecule has 4 heteroatoms. The summed E-state index contributed by atoms with van der Waals surface area (Å²) in [5, 5.41) is 7.54. The second-order valence-corrected chi connectivity index (χ2v) is 2.40. The smallest absolute Gasteiger partial charge is 0.234 e. The van der Waals surface area contributed by atoms with Crippen molar-refractivity contribution >= 4 is 0 Å². The maximum atomic E-state index is 5.63. The van der Waals surface area contributed by atoms with Crippen LogP contribution in [-0.2, 0) is 6.42 Å². The Morgan fingerprint density at radius 3 is 2.92 bits per heavy atom. The second-order valence-electron chi connectivity index (χ2n) is 2.40. The molecule has 0 saturated carbocycles. The Morgan fingerprint density at radius 2 is 2.42 bits per heavy atom. The van der Waals surface area contributed by atoms with Gasteiger partial charge in [-0.25, -0.2) is 0 Å². The number of rotatable bonds is 3. The van der Waals surface area contributed by atoms with Gasteiger partial charge in [-0.3, -0.25) is 0 Å². The Kier molecular flexibility index (Phi) is 2.83. The lowest BCUT2D eigenvalue weighted by atomic mass is 10.2. The lowest BCUT2D eigenvalue weighted by Crippen LogP contribution is -2.09. The molecule has 0 saturated heterocycles. The van der Waals surface area contributed by atoms with Crippen LogP contribution in [0.2, 0.25) is 0 Å². The van der Waals surface area contributed by atoms with Crippen molar-refractivity contribution in [2.75, 3.05) is 0 Å². The van der Waals surface area contributed by atoms with Gasteiger partial charge in [0.05, 0.1) is 6.04 Å². The van der Waals surface area contributed by atoms with Gasteiger partial charge in [0.1, 0.15) is 0 Å². The van der Waals surface area contributed by atoms with E-state index in [0.29, 0.717) is 18.2 Å². The molecule has 0 radical (unpaired) electrons. The van der Waals surface area contributed by atoms with Crippen LogP contribution < -0.4 is 5.73 Å². The van der Waals surface area contributed by atoms with Gasteiger partial charge in [-0.2, -0.15) is 0 Å². The van der Waals surface area contributed by atoms with E-state index in [4.69, 9.17) is 16.6 Å². The molecule has 12 heavy (non-hydrogen) atoms. The lowest BCUT2D eigenvalue weighted by molar-refractivity contribution is 0.423. The molecule has 0 bridgehead atoms. The average Bonchev–Trinajstić information content (AvgIpc) is 2.52. The summed E-state index contributed by atoms with van der Waals surface area (Å²) < 4.78 is 5.20. The highest BCUT2D eigenvalue weighted by atomic mass is 16.4. The molecular weight excluding hydrogens is 154 g/mol. The third-order valence-electron chi connectivity index (χ3n) is 1.44. The van der Waals surface area contributed by atoms with E-state index in [1.807, 2.05) is 6.92 Å². The minimum Gasteiger partial charge on any atom is -0.424 e. The van der Waals surface area contributed by atoms with Crippen molar-refractivity contribution in [3.05, 3.63) is 11.8 Å². The van der Waals surface area contributed by atoms with Crippen molar-refractivity contribution in [3.8, 4) is 12.3 Å². The maximum absolute atomic E-state index is 5.63. The molecule has 0 fully saturated rings. The van der Waals surface area contributed by atoms with E-state index >= 15 is 0 Å². The van der Waals surface area contributed by atoms with Crippen molar-refractivity contribution in [1.82, 2.24) is 10.2 Å². The fraction of sp³-hybridized carbons (Fsp3) is 0.500. The van der Waals surface area contributed by atoms with Crippen molar-refractivity contribution in [2.45, 2.75) is 25.8 Å². The normalized spacial score (nSPS) is 12.4. The molecule has 1 atom stereocenters. The van der Waals surface area contributed by atoms with Crippen LogP contribution in [0.4, 0.5) is 0 Å². The SMILES string of the molecule is C#CCC(N)c1nnc(CC)o1. The Bertz CT molecular complexity index is 287. The number of aryl methyl sites for hydroxylation is 1. The third-order valence-corrected chi connectivity index (χ3v) is 1.44. The molecule has 0 aliphatic rings. The Morgan fingerprint density at radius 1 is 1.67 bits per heavy atom. The van der Waals surface area contributed by atoms with Gasteiger partial charge in [-0.1, -0.05) is 6.92 Å². The summed E-state index contributed by atoms with van der Waals surface area (Å²) in [5.41, 5.74) is 5.63. The van der Waals surface area contributed by atoms with Crippen molar-refractivity contribution in [1.29, 1.82) is 0 Å². The molecule has 1 unspecified atom stereocenters. The molecule has 0 aliphatic heterocycles. The van der Waals surface area contributed by atoms with Crippen LogP contribution in [0.25, 0.3) is 0 Å². The zero-order valence-electron chi connectivity index (χ0n) is 6.95. The van der Waals surface area contributed by atoms with Gasteiger partial charge in [0.2, 0.25) is 11.8 Å². The molecule has 1 rings (SSSR count). The molecule has 2 N–H and O–H groups in total. The van der Waals surface area contributed by atoms with Gasteiger partial charge in [0.15, 0.2) is 0 Å². The largest absolute Gasteiger partial charge is 0.424 e. The highest BCUT2D eigenvalue weighted by molar-refractivity contribution is 4.96. The topological polar surface area (TPSA) is 64.9 Å². The summed E-state index contributed by atoms with van der Waals surface area (Å²) in [6, 6.07) is -0.331. The van der Waals surface area contributed by atoms with E-state index in [9.17, 15) is 0 Å². The Balaban J connectivity index is 2.69. The van der Waals surface area contributed by atoms with Crippen molar-refractivity contribution in [2.24, 2.45) is 5.73 Å². The van der Waals surface area contributed by atoms with Crippen LogP contribution in [0, 0.1) is 12.3 Å². The quantitative estimate of drug-likeness (QED) is 0.668. The van der Waals surface area contributed by atoms with E-state index in [1.165, 1.54) is 0 Å². The first-order chi connectivity index (χ1) is 5.77. The predicted molar refractivity (Wildman–Crippen MR) is 44.1 cm³/mol. The lowest BCUT2D eigenvalue weighted by Gasteiger charge is -1.99. The van der Waals surface area contributed by atoms with Gasteiger partial charge in [0.25, 0.3) is 0 Å². The van der Waals surface area contributed by atoms with Crippen LogP contribution in [0.5, 0.6) is 0 Å². The van der Waals surface area contributed by atoms with Crippen LogP contribution in [0.3, 0.4) is 0 Å². The number of aromatic nitrogens is 2. The fourth-order valence-corrected chi connectivity index (χ4v) is 0.774. The summed E-state index contributed by atoms with van der Waals surface area (Å²) >= 11 is 0. The van der Waals surface area contributed by atoms with Crippen molar-refractivity contribution in [3.63, 3.8) is 0 Å². The molecule has 1 aromatic heterocycles. The minimum atomic E-state index is -0.331. The summed E-state index contributed by atoms with van der Waals surface area (Å²) in [4.78, 5) is 0. The molecule has 0 aromatic carbocycles. The first-order valence-corrected chi connectivity index (χ1v) is 3.79. The van der Waals surface area contributed by atoms with Crippen LogP contribution >= 0.6 is 0 Å². The first kappa shape index (κ1) is 8.75. The standard InChI is InChI=1S/C8H11N3O/c1-3-5-6(9)8-11-10-7(4-2)12-8/h1,6H,4-5,9H2,2H3. The molecule has 1 heterocycles. The number of nitrogens with zero attached hydrogens (tertiary/aromatic N) is 2. The molecule has 1 aromatic rings. The molecule has 0 aliphatic carbocycles. The highest BCUT2D eigenvalue weighted by Gasteiger charge is 2.11. The van der Waals surface area contributed by atoms with E-state index in [0.717, 1.165) is 6.42 Å². The maximum Gasteiger partial charge on any atom is 0.234 e. The third kappa shape index (κ3) is 1.83. The minimum absolute atomic E-state index is 0.331. The number of terminal acetylenes is 1. The van der Waals surface area contributed by atoms with Gasteiger partial charge in [0, 0.05) is 12.8 Å².